The molecule has 2 rings (SSSR count). The van der Waals surface area contributed by atoms with Gasteiger partial charge in [0, 0.05) is 0 Å². The summed E-state index contributed by atoms with van der Waals surface area (Å²) in [6.45, 7) is -0.759. The Hall–Kier alpha value is -1.26. The summed E-state index contributed by atoms with van der Waals surface area (Å²) in [6, 6.07) is 7.80. The number of aliphatic hydroxyl groups excluding tert-OH is 3. The van der Waals surface area contributed by atoms with Gasteiger partial charge in [0.1, 0.15) is 36.9 Å². The van der Waals surface area contributed by atoms with Crippen LogP contribution in [0.5, 0.6) is 11.5 Å². The van der Waals surface area contributed by atoms with Gasteiger partial charge in [0.25, 0.3) is 0 Å². The number of hydrogen-bond donors (Lipinski definition) is 3. The maximum atomic E-state index is 12.9. The minimum atomic E-state index is -3.93. The van der Waals surface area contributed by atoms with Crippen molar-refractivity contribution in [1.29, 1.82) is 0 Å². The van der Waals surface area contributed by atoms with E-state index in [1.807, 2.05) is 0 Å². The van der Waals surface area contributed by atoms with Gasteiger partial charge in [0.2, 0.25) is 9.84 Å². The highest BCUT2D eigenvalue weighted by molar-refractivity contribution is 7.91. The van der Waals surface area contributed by atoms with Crippen molar-refractivity contribution >= 4 is 44.6 Å². The molecule has 2 aromatic carbocycles. The molecule has 2 unspecified atom stereocenters. The van der Waals surface area contributed by atoms with Crippen LogP contribution in [0.4, 0.5) is 0 Å². The summed E-state index contributed by atoms with van der Waals surface area (Å²) in [6.07, 6.45) is -1.96. The van der Waals surface area contributed by atoms with E-state index in [9.17, 15) is 18.6 Å². The lowest BCUT2D eigenvalue weighted by atomic mass is 10.3. The summed E-state index contributed by atoms with van der Waals surface area (Å²) in [4.78, 5) is -0.159. The zero-order chi connectivity index (χ0) is 21.6. The molecule has 2 atom stereocenters. The molecule has 7 nitrogen and oxygen atoms in total. The lowest BCUT2D eigenvalue weighted by Crippen LogP contribution is -2.21. The molecule has 160 valence electrons. The molecule has 0 radical (unpaired) electrons. The van der Waals surface area contributed by atoms with Gasteiger partial charge < -0.3 is 24.8 Å². The fourth-order valence-electron chi connectivity index (χ4n) is 2.14. The van der Waals surface area contributed by atoms with Gasteiger partial charge in [-0.25, -0.2) is 8.42 Å². The minimum Gasteiger partial charge on any atom is -0.489 e. The molecule has 0 aromatic heterocycles. The van der Waals surface area contributed by atoms with E-state index in [-0.39, 0.29) is 50.4 Å². The minimum absolute atomic E-state index is 0.0104. The second-order valence-electron chi connectivity index (χ2n) is 5.95. The number of benzene rings is 2. The third kappa shape index (κ3) is 6.36. The molecule has 11 heteroatoms. The van der Waals surface area contributed by atoms with E-state index in [1.165, 1.54) is 36.4 Å². The zero-order valence-corrected chi connectivity index (χ0v) is 18.0. The number of alkyl halides is 1. The number of ether oxygens (including phenoxy) is 2. The third-order valence-electron chi connectivity index (χ3n) is 3.68. The number of rotatable bonds is 10. The lowest BCUT2D eigenvalue weighted by molar-refractivity contribution is 0.0536. The summed E-state index contributed by atoms with van der Waals surface area (Å²) >= 11 is 17.7. The molecule has 3 N–H and O–H groups in total. The van der Waals surface area contributed by atoms with Crippen LogP contribution in [0.2, 0.25) is 10.0 Å². The molecule has 0 amide bonds. The molecule has 0 aliphatic heterocycles. The number of aliphatic hydroxyl groups is 3. The van der Waals surface area contributed by atoms with Crippen LogP contribution in [0.3, 0.4) is 0 Å². The summed E-state index contributed by atoms with van der Waals surface area (Å²) in [5.74, 6) is 0.362. The van der Waals surface area contributed by atoms with Crippen molar-refractivity contribution in [2.24, 2.45) is 0 Å². The summed E-state index contributed by atoms with van der Waals surface area (Å²) < 4.78 is 36.3. The smallest absolute Gasteiger partial charge is 0.206 e. The second kappa shape index (κ2) is 10.7. The predicted octanol–water partition coefficient (Wildman–Crippen LogP) is 2.54. The van der Waals surface area contributed by atoms with Crippen LogP contribution >= 0.6 is 34.8 Å². The Morgan fingerprint density at radius 2 is 1.31 bits per heavy atom. The number of sulfone groups is 1. The van der Waals surface area contributed by atoms with Crippen molar-refractivity contribution < 1.29 is 33.2 Å². The van der Waals surface area contributed by atoms with E-state index in [4.69, 9.17) is 49.4 Å². The van der Waals surface area contributed by atoms with Gasteiger partial charge in [-0.3, -0.25) is 0 Å². The van der Waals surface area contributed by atoms with Crippen LogP contribution in [-0.2, 0) is 9.84 Å². The Morgan fingerprint density at radius 3 is 1.69 bits per heavy atom. The lowest BCUT2D eigenvalue weighted by Gasteiger charge is -2.13. The zero-order valence-electron chi connectivity index (χ0n) is 15.0. The summed E-state index contributed by atoms with van der Waals surface area (Å²) in [5.41, 5.74) is 0. The van der Waals surface area contributed by atoms with E-state index in [2.05, 4.69) is 0 Å². The fraction of sp³-hybridized carbons (Fsp3) is 0.333. The fourth-order valence-corrected chi connectivity index (χ4v) is 4.14. The van der Waals surface area contributed by atoms with Crippen molar-refractivity contribution in [3.05, 3.63) is 46.4 Å². The Bertz CT molecular complexity index is 868. The van der Waals surface area contributed by atoms with Gasteiger partial charge in [-0.1, -0.05) is 23.2 Å². The monoisotopic (exact) mass is 484 g/mol. The van der Waals surface area contributed by atoms with E-state index in [0.717, 1.165) is 0 Å². The molecular weight excluding hydrogens is 467 g/mol. The van der Waals surface area contributed by atoms with Gasteiger partial charge in [0.05, 0.1) is 32.3 Å². The Balaban J connectivity index is 2.21. The van der Waals surface area contributed by atoms with Gasteiger partial charge in [-0.05, 0) is 36.4 Å². The largest absolute Gasteiger partial charge is 0.489 e. The Labute approximate surface area is 183 Å². The topological polar surface area (TPSA) is 113 Å². The van der Waals surface area contributed by atoms with E-state index in [0.29, 0.717) is 0 Å². The molecule has 0 saturated carbocycles. The summed E-state index contributed by atoms with van der Waals surface area (Å²) in [7, 11) is -3.93. The van der Waals surface area contributed by atoms with Crippen molar-refractivity contribution in [3.63, 3.8) is 0 Å². The predicted molar refractivity (Wildman–Crippen MR) is 109 cm³/mol. The van der Waals surface area contributed by atoms with Gasteiger partial charge >= 0.3 is 0 Å². The standard InChI is InChI=1S/C18H19Cl3O7S/c19-7-11(23)9-27-17-3-1-13(5-15(17)20)29(25,26)14-2-4-18(16(21)6-14)28-10-12(24)8-22/h1-6,11-12,22-24H,7-10H2. The SMILES string of the molecule is O=S(=O)(c1ccc(OCC(O)CO)c(Cl)c1)c1ccc(OCC(O)CCl)c(Cl)c1. The van der Waals surface area contributed by atoms with Crippen molar-refractivity contribution in [3.8, 4) is 11.5 Å². The van der Waals surface area contributed by atoms with Crippen LogP contribution in [0.1, 0.15) is 0 Å². The van der Waals surface area contributed by atoms with Gasteiger partial charge in [-0.2, -0.15) is 0 Å². The van der Waals surface area contributed by atoms with Gasteiger partial charge in [-0.15, -0.1) is 11.6 Å². The maximum absolute atomic E-state index is 12.9. The molecule has 0 saturated heterocycles. The maximum Gasteiger partial charge on any atom is 0.206 e. The Morgan fingerprint density at radius 1 is 0.862 bits per heavy atom. The van der Waals surface area contributed by atoms with Gasteiger partial charge in [0.15, 0.2) is 0 Å². The molecule has 0 aliphatic carbocycles. The van der Waals surface area contributed by atoms with Crippen LogP contribution in [0.25, 0.3) is 0 Å². The highest BCUT2D eigenvalue weighted by Crippen LogP contribution is 2.33. The molecule has 0 bridgehead atoms. The molecule has 0 fully saturated rings. The third-order valence-corrected chi connectivity index (χ3v) is 6.37. The van der Waals surface area contributed by atoms with Crippen LogP contribution in [0, 0.1) is 0 Å². The van der Waals surface area contributed by atoms with Crippen LogP contribution in [-0.4, -0.2) is 61.6 Å². The molecule has 0 heterocycles. The first-order valence-electron chi connectivity index (χ1n) is 8.31. The van der Waals surface area contributed by atoms with Crippen LogP contribution in [0.15, 0.2) is 46.2 Å². The quantitative estimate of drug-likeness (QED) is 0.443. The van der Waals surface area contributed by atoms with Crippen molar-refractivity contribution in [2.75, 3.05) is 25.7 Å². The number of halogens is 3. The molecule has 29 heavy (non-hydrogen) atoms. The first-order chi connectivity index (χ1) is 13.7. The number of hydrogen-bond acceptors (Lipinski definition) is 7. The van der Waals surface area contributed by atoms with E-state index >= 15 is 0 Å². The molecule has 0 aliphatic rings. The Kier molecular flexibility index (Phi) is 8.84. The van der Waals surface area contributed by atoms with E-state index in [1.54, 1.807) is 0 Å². The first kappa shape index (κ1) is 24.0. The first-order valence-corrected chi connectivity index (χ1v) is 11.1. The van der Waals surface area contributed by atoms with Crippen molar-refractivity contribution in [1.82, 2.24) is 0 Å². The second-order valence-corrected chi connectivity index (χ2v) is 9.03. The molecule has 2 aromatic rings. The van der Waals surface area contributed by atoms with Crippen molar-refractivity contribution in [2.45, 2.75) is 22.0 Å². The molecule has 0 spiro atoms. The molecular formula is C18H19Cl3O7S. The normalized spacial score (nSPS) is 13.7. The average molecular weight is 486 g/mol. The van der Waals surface area contributed by atoms with Crippen LogP contribution < -0.4 is 9.47 Å². The average Bonchev–Trinajstić information content (AvgIpc) is 2.71. The van der Waals surface area contributed by atoms with E-state index < -0.39 is 28.7 Å². The highest BCUT2D eigenvalue weighted by Gasteiger charge is 2.21. The summed E-state index contributed by atoms with van der Waals surface area (Å²) in [5, 5.41) is 27.6. The highest BCUT2D eigenvalue weighted by atomic mass is 35.5.